The van der Waals surface area contributed by atoms with Crippen LogP contribution in [0.5, 0.6) is 0 Å². The molecular formula is C13H15NO2. The van der Waals surface area contributed by atoms with Crippen molar-refractivity contribution in [3.63, 3.8) is 0 Å². The van der Waals surface area contributed by atoms with Gasteiger partial charge in [0.25, 0.3) is 0 Å². The first-order valence-electron chi connectivity index (χ1n) is 5.38. The van der Waals surface area contributed by atoms with Crippen molar-refractivity contribution in [2.75, 3.05) is 5.32 Å². The Balaban J connectivity index is 2.42. The molecule has 1 aliphatic heterocycles. The normalized spacial score (nSPS) is 21.3. The van der Waals surface area contributed by atoms with E-state index in [1.165, 1.54) is 0 Å². The second-order valence-electron chi connectivity index (χ2n) is 4.74. The lowest BCUT2D eigenvalue weighted by atomic mass is 9.76. The van der Waals surface area contributed by atoms with Crippen molar-refractivity contribution < 1.29 is 9.59 Å². The molecule has 3 nitrogen and oxygen atoms in total. The van der Waals surface area contributed by atoms with E-state index >= 15 is 0 Å². The number of rotatable bonds is 3. The second kappa shape index (κ2) is 3.74. The number of fused-ring (bicyclic) bond motifs is 1. The summed E-state index contributed by atoms with van der Waals surface area (Å²) < 4.78 is 0. The lowest BCUT2D eigenvalue weighted by Gasteiger charge is -2.29. The average molecular weight is 217 g/mol. The van der Waals surface area contributed by atoms with Gasteiger partial charge in [0, 0.05) is 11.1 Å². The molecule has 0 spiro atoms. The topological polar surface area (TPSA) is 46.2 Å². The van der Waals surface area contributed by atoms with Crippen LogP contribution in [0.4, 0.5) is 5.69 Å². The van der Waals surface area contributed by atoms with Crippen LogP contribution in [0.1, 0.15) is 19.4 Å². The standard InChI is InChI=1S/C13H15NO2/c1-13(2)10-5-3-4-6-11(10)14-12(13)9(7-15)8-16/h3-9,12,14H,1-2H3. The molecule has 1 heterocycles. The van der Waals surface area contributed by atoms with Gasteiger partial charge in [0.15, 0.2) is 0 Å². The zero-order valence-corrected chi connectivity index (χ0v) is 9.44. The maximum Gasteiger partial charge on any atom is 0.132 e. The molecule has 0 fully saturated rings. The van der Waals surface area contributed by atoms with E-state index in [4.69, 9.17) is 0 Å². The molecule has 1 N–H and O–H groups in total. The Morgan fingerprint density at radius 1 is 1.25 bits per heavy atom. The Bertz CT molecular complexity index is 418. The van der Waals surface area contributed by atoms with Crippen LogP contribution in [0.15, 0.2) is 24.3 Å². The van der Waals surface area contributed by atoms with Crippen LogP contribution in [-0.2, 0) is 15.0 Å². The first-order valence-corrected chi connectivity index (χ1v) is 5.38. The Kier molecular flexibility index (Phi) is 2.54. The molecule has 0 saturated carbocycles. The summed E-state index contributed by atoms with van der Waals surface area (Å²) in [6.45, 7) is 4.10. The Hall–Kier alpha value is -1.64. The van der Waals surface area contributed by atoms with E-state index in [2.05, 4.69) is 19.2 Å². The van der Waals surface area contributed by atoms with Crippen LogP contribution >= 0.6 is 0 Å². The molecule has 16 heavy (non-hydrogen) atoms. The van der Waals surface area contributed by atoms with Crippen molar-refractivity contribution in [3.05, 3.63) is 29.8 Å². The molecule has 3 heteroatoms. The zero-order chi connectivity index (χ0) is 11.8. The number of benzene rings is 1. The van der Waals surface area contributed by atoms with E-state index in [0.29, 0.717) is 0 Å². The summed E-state index contributed by atoms with van der Waals surface area (Å²) in [5.74, 6) is -0.595. The number of hydrogen-bond acceptors (Lipinski definition) is 3. The van der Waals surface area contributed by atoms with E-state index < -0.39 is 5.92 Å². The van der Waals surface area contributed by atoms with Gasteiger partial charge in [-0.2, -0.15) is 0 Å². The molecule has 0 bridgehead atoms. The first-order chi connectivity index (χ1) is 7.61. The molecule has 0 saturated heterocycles. The van der Waals surface area contributed by atoms with Crippen molar-refractivity contribution in [1.82, 2.24) is 0 Å². The lowest BCUT2D eigenvalue weighted by Crippen LogP contribution is -2.41. The van der Waals surface area contributed by atoms with Crippen molar-refractivity contribution >= 4 is 18.3 Å². The highest BCUT2D eigenvalue weighted by Crippen LogP contribution is 2.42. The number of para-hydroxylation sites is 1. The van der Waals surface area contributed by atoms with Gasteiger partial charge in [0.05, 0.1) is 12.0 Å². The number of hydrogen-bond donors (Lipinski definition) is 1. The highest BCUT2D eigenvalue weighted by Gasteiger charge is 2.43. The van der Waals surface area contributed by atoms with Gasteiger partial charge in [0.1, 0.15) is 12.6 Å². The predicted octanol–water partition coefficient (Wildman–Crippen LogP) is 1.77. The fraction of sp³-hybridized carbons (Fsp3) is 0.385. The molecule has 1 atom stereocenters. The summed E-state index contributed by atoms with van der Waals surface area (Å²) in [6, 6.07) is 7.78. The summed E-state index contributed by atoms with van der Waals surface area (Å²) in [7, 11) is 0. The first kappa shape index (κ1) is 10.9. The predicted molar refractivity (Wildman–Crippen MR) is 62.5 cm³/mol. The van der Waals surface area contributed by atoms with Gasteiger partial charge in [-0.05, 0) is 11.6 Å². The van der Waals surface area contributed by atoms with Gasteiger partial charge < -0.3 is 14.9 Å². The molecule has 0 aliphatic carbocycles. The summed E-state index contributed by atoms with van der Waals surface area (Å²) >= 11 is 0. The van der Waals surface area contributed by atoms with Crippen molar-refractivity contribution in [3.8, 4) is 0 Å². The SMILES string of the molecule is CC1(C)c2ccccc2NC1C(C=O)C=O. The van der Waals surface area contributed by atoms with Crippen LogP contribution in [0, 0.1) is 5.92 Å². The third kappa shape index (κ3) is 1.43. The zero-order valence-electron chi connectivity index (χ0n) is 9.44. The van der Waals surface area contributed by atoms with E-state index in [1.54, 1.807) is 0 Å². The van der Waals surface area contributed by atoms with Gasteiger partial charge in [-0.25, -0.2) is 0 Å². The molecule has 1 unspecified atom stereocenters. The smallest absolute Gasteiger partial charge is 0.132 e. The van der Waals surface area contributed by atoms with Gasteiger partial charge in [0.2, 0.25) is 0 Å². The van der Waals surface area contributed by atoms with E-state index in [0.717, 1.165) is 23.8 Å². The molecule has 1 aliphatic rings. The third-order valence-corrected chi connectivity index (χ3v) is 3.41. The van der Waals surface area contributed by atoms with Gasteiger partial charge in [-0.3, -0.25) is 0 Å². The minimum atomic E-state index is -0.595. The summed E-state index contributed by atoms with van der Waals surface area (Å²) in [5, 5.41) is 3.26. The van der Waals surface area contributed by atoms with E-state index in [1.807, 2.05) is 24.3 Å². The van der Waals surface area contributed by atoms with Gasteiger partial charge in [-0.15, -0.1) is 0 Å². The largest absolute Gasteiger partial charge is 0.380 e. The maximum absolute atomic E-state index is 10.9. The maximum atomic E-state index is 10.9. The van der Waals surface area contributed by atoms with Crippen LogP contribution in [0.25, 0.3) is 0 Å². The van der Waals surface area contributed by atoms with Crippen molar-refractivity contribution in [2.24, 2.45) is 5.92 Å². The highest BCUT2D eigenvalue weighted by molar-refractivity contribution is 5.81. The van der Waals surface area contributed by atoms with Crippen molar-refractivity contribution in [1.29, 1.82) is 0 Å². The van der Waals surface area contributed by atoms with E-state index in [9.17, 15) is 9.59 Å². The number of anilines is 1. The lowest BCUT2D eigenvalue weighted by molar-refractivity contribution is -0.120. The molecule has 0 radical (unpaired) electrons. The van der Waals surface area contributed by atoms with Crippen LogP contribution in [0.3, 0.4) is 0 Å². The monoisotopic (exact) mass is 217 g/mol. The molecule has 1 aromatic rings. The number of aldehydes is 2. The number of nitrogens with one attached hydrogen (secondary N) is 1. The molecular weight excluding hydrogens is 202 g/mol. The summed E-state index contributed by atoms with van der Waals surface area (Å²) in [6.07, 6.45) is 1.44. The fourth-order valence-corrected chi connectivity index (χ4v) is 2.45. The number of carbonyl (C=O) groups excluding carboxylic acids is 2. The highest BCUT2D eigenvalue weighted by atomic mass is 16.1. The van der Waals surface area contributed by atoms with Gasteiger partial charge in [-0.1, -0.05) is 32.0 Å². The summed E-state index contributed by atoms with van der Waals surface area (Å²) in [5.41, 5.74) is 1.98. The third-order valence-electron chi connectivity index (χ3n) is 3.41. The number of carbonyl (C=O) groups is 2. The minimum Gasteiger partial charge on any atom is -0.380 e. The van der Waals surface area contributed by atoms with Crippen LogP contribution < -0.4 is 5.32 Å². The Morgan fingerprint density at radius 2 is 1.88 bits per heavy atom. The van der Waals surface area contributed by atoms with Gasteiger partial charge >= 0.3 is 0 Å². The molecule has 1 aromatic carbocycles. The second-order valence-corrected chi connectivity index (χ2v) is 4.74. The minimum absolute atomic E-state index is 0.153. The Morgan fingerprint density at radius 3 is 2.44 bits per heavy atom. The quantitative estimate of drug-likeness (QED) is 0.620. The van der Waals surface area contributed by atoms with Crippen molar-refractivity contribution in [2.45, 2.75) is 25.3 Å². The molecule has 0 aromatic heterocycles. The van der Waals surface area contributed by atoms with E-state index in [-0.39, 0.29) is 11.5 Å². The Labute approximate surface area is 94.9 Å². The molecule has 0 amide bonds. The van der Waals surface area contributed by atoms with Crippen LogP contribution in [-0.4, -0.2) is 18.6 Å². The van der Waals surface area contributed by atoms with Crippen LogP contribution in [0.2, 0.25) is 0 Å². The fourth-order valence-electron chi connectivity index (χ4n) is 2.45. The summed E-state index contributed by atoms with van der Waals surface area (Å²) in [4.78, 5) is 21.8. The average Bonchev–Trinajstić information content (AvgIpc) is 2.54. The molecule has 2 rings (SSSR count). The molecule has 84 valence electrons.